The fourth-order valence-corrected chi connectivity index (χ4v) is 3.38. The highest BCUT2D eigenvalue weighted by Gasteiger charge is 2.26. The molecule has 2 aromatic rings. The van der Waals surface area contributed by atoms with Crippen molar-refractivity contribution in [1.29, 1.82) is 0 Å². The predicted octanol–water partition coefficient (Wildman–Crippen LogP) is 3.01. The highest BCUT2D eigenvalue weighted by Crippen LogP contribution is 2.25. The zero-order valence-corrected chi connectivity index (χ0v) is 14.2. The van der Waals surface area contributed by atoms with Crippen LogP contribution in [0.15, 0.2) is 36.5 Å². The number of piperidine rings is 1. The van der Waals surface area contributed by atoms with Crippen LogP contribution < -0.4 is 0 Å². The summed E-state index contributed by atoms with van der Waals surface area (Å²) in [6.45, 7) is 1.48. The van der Waals surface area contributed by atoms with Gasteiger partial charge in [0.25, 0.3) is 0 Å². The molecule has 1 aliphatic heterocycles. The van der Waals surface area contributed by atoms with Crippen LogP contribution >= 0.6 is 12.2 Å². The number of aromatic amines is 1. The summed E-state index contributed by atoms with van der Waals surface area (Å²) >= 11 is 5.29. The van der Waals surface area contributed by atoms with E-state index < -0.39 is 0 Å². The molecule has 0 saturated carbocycles. The number of benzene rings is 1. The number of amides is 1. The Bertz CT molecular complexity index is 733. The van der Waals surface area contributed by atoms with Crippen LogP contribution in [0.4, 0.5) is 4.79 Å². The lowest BCUT2D eigenvalue weighted by molar-refractivity contribution is 0.0824. The number of likely N-dealkylation sites (tertiary alicyclic amines) is 1. The molecule has 1 aliphatic rings. The molecule has 128 valence electrons. The largest absolute Gasteiger partial charge is 0.445 e. The molecule has 3 rings (SSSR count). The number of H-pyrrole nitrogens is 1. The zero-order valence-electron chi connectivity index (χ0n) is 13.4. The smallest absolute Gasteiger partial charge is 0.410 e. The van der Waals surface area contributed by atoms with Crippen LogP contribution in [-0.4, -0.2) is 38.7 Å². The van der Waals surface area contributed by atoms with E-state index in [0.29, 0.717) is 17.9 Å². The van der Waals surface area contributed by atoms with E-state index in [1.54, 1.807) is 11.1 Å². The molecule has 0 radical (unpaired) electrons. The second kappa shape index (κ2) is 7.63. The molecular formula is C17H21N3O3S. The van der Waals surface area contributed by atoms with Gasteiger partial charge < -0.3 is 24.3 Å². The van der Waals surface area contributed by atoms with Gasteiger partial charge in [-0.3, -0.25) is 0 Å². The van der Waals surface area contributed by atoms with E-state index in [2.05, 4.69) is 4.98 Å². The third-order valence-electron chi connectivity index (χ3n) is 4.35. The molecule has 6 nitrogen and oxygen atoms in total. The second-order valence-electron chi connectivity index (χ2n) is 5.87. The van der Waals surface area contributed by atoms with Crippen molar-refractivity contribution in [3.8, 4) is 0 Å². The van der Waals surface area contributed by atoms with Crippen molar-refractivity contribution in [2.75, 3.05) is 13.1 Å². The van der Waals surface area contributed by atoms with Gasteiger partial charge in [-0.1, -0.05) is 30.3 Å². The lowest BCUT2D eigenvalue weighted by atomic mass is 10.1. The molecule has 0 aliphatic carbocycles. The summed E-state index contributed by atoms with van der Waals surface area (Å²) in [5, 5.41) is 9.41. The molecule has 1 aromatic carbocycles. The summed E-state index contributed by atoms with van der Waals surface area (Å²) in [6, 6.07) is 9.85. The Hall–Kier alpha value is -2.12. The number of hydrogen-bond donors (Lipinski definition) is 2. The molecular weight excluding hydrogens is 326 g/mol. The monoisotopic (exact) mass is 347 g/mol. The first kappa shape index (κ1) is 16.7. The summed E-state index contributed by atoms with van der Waals surface area (Å²) in [7, 11) is 0. The summed E-state index contributed by atoms with van der Waals surface area (Å²) in [6.07, 6.45) is 3.04. The summed E-state index contributed by atoms with van der Waals surface area (Å²) in [5.41, 5.74) is 1.76. The Morgan fingerprint density at radius 1 is 1.29 bits per heavy atom. The molecule has 2 heterocycles. The molecule has 2 N–H and O–H groups in total. The van der Waals surface area contributed by atoms with Crippen molar-refractivity contribution in [3.05, 3.63) is 52.6 Å². The molecule has 1 saturated heterocycles. The number of imidazole rings is 1. The first-order valence-corrected chi connectivity index (χ1v) is 8.45. The van der Waals surface area contributed by atoms with Crippen LogP contribution in [0, 0.1) is 4.77 Å². The summed E-state index contributed by atoms with van der Waals surface area (Å²) in [5.74, 6) is 0. The van der Waals surface area contributed by atoms with Crippen molar-refractivity contribution in [2.45, 2.75) is 32.1 Å². The molecule has 24 heavy (non-hydrogen) atoms. The number of aliphatic hydroxyl groups excluding tert-OH is 1. The average Bonchev–Trinajstić information content (AvgIpc) is 3.01. The maximum atomic E-state index is 12.2. The van der Waals surface area contributed by atoms with E-state index in [9.17, 15) is 9.90 Å². The van der Waals surface area contributed by atoms with Crippen LogP contribution in [0.25, 0.3) is 0 Å². The van der Waals surface area contributed by atoms with E-state index in [1.807, 2.05) is 34.9 Å². The SMILES string of the molecule is O=C(OCc1ccccc1)N1CCC(n2c(CO)c[nH]c2=S)CC1. The number of aromatic nitrogens is 2. The van der Waals surface area contributed by atoms with E-state index in [-0.39, 0.29) is 25.3 Å². The molecule has 0 bridgehead atoms. The van der Waals surface area contributed by atoms with Gasteiger partial charge in [0.05, 0.1) is 12.3 Å². The number of hydrogen-bond acceptors (Lipinski definition) is 4. The zero-order chi connectivity index (χ0) is 16.9. The fourth-order valence-electron chi connectivity index (χ4n) is 3.05. The summed E-state index contributed by atoms with van der Waals surface area (Å²) < 4.78 is 7.95. The number of nitrogens with zero attached hydrogens (tertiary/aromatic N) is 2. The quantitative estimate of drug-likeness (QED) is 0.834. The predicted molar refractivity (Wildman–Crippen MR) is 92.0 cm³/mol. The number of carbonyl (C=O) groups is 1. The minimum atomic E-state index is -0.280. The Kier molecular flexibility index (Phi) is 5.32. The lowest BCUT2D eigenvalue weighted by Crippen LogP contribution is -2.39. The van der Waals surface area contributed by atoms with Crippen molar-refractivity contribution in [2.24, 2.45) is 0 Å². The average molecular weight is 347 g/mol. The topological polar surface area (TPSA) is 70.5 Å². The number of aliphatic hydroxyl groups is 1. The highest BCUT2D eigenvalue weighted by molar-refractivity contribution is 7.71. The Labute approximate surface area is 145 Å². The van der Waals surface area contributed by atoms with Gasteiger partial charge in [0.2, 0.25) is 0 Å². The minimum absolute atomic E-state index is 0.0491. The first-order chi connectivity index (χ1) is 11.7. The van der Waals surface area contributed by atoms with E-state index in [1.165, 1.54) is 0 Å². The second-order valence-corrected chi connectivity index (χ2v) is 6.26. The molecule has 7 heteroatoms. The maximum Gasteiger partial charge on any atom is 0.410 e. The minimum Gasteiger partial charge on any atom is -0.445 e. The molecule has 0 spiro atoms. The van der Waals surface area contributed by atoms with Crippen molar-refractivity contribution in [1.82, 2.24) is 14.5 Å². The number of ether oxygens (including phenoxy) is 1. The third kappa shape index (κ3) is 3.68. The van der Waals surface area contributed by atoms with Gasteiger partial charge in [-0.15, -0.1) is 0 Å². The van der Waals surface area contributed by atoms with Crippen LogP contribution in [0.1, 0.15) is 30.1 Å². The van der Waals surface area contributed by atoms with E-state index >= 15 is 0 Å². The van der Waals surface area contributed by atoms with Gasteiger partial charge in [-0.05, 0) is 30.6 Å². The molecule has 0 unspecified atom stereocenters. The number of carbonyl (C=O) groups excluding carboxylic acids is 1. The van der Waals surface area contributed by atoms with Crippen LogP contribution in [0.5, 0.6) is 0 Å². The lowest BCUT2D eigenvalue weighted by Gasteiger charge is -2.32. The maximum absolute atomic E-state index is 12.2. The third-order valence-corrected chi connectivity index (χ3v) is 4.66. The Balaban J connectivity index is 1.54. The molecule has 1 aromatic heterocycles. The van der Waals surface area contributed by atoms with Gasteiger partial charge in [0.1, 0.15) is 6.61 Å². The van der Waals surface area contributed by atoms with Gasteiger partial charge in [0.15, 0.2) is 4.77 Å². The van der Waals surface area contributed by atoms with Gasteiger partial charge in [-0.2, -0.15) is 0 Å². The fraction of sp³-hybridized carbons (Fsp3) is 0.412. The number of rotatable bonds is 4. The van der Waals surface area contributed by atoms with Crippen molar-refractivity contribution < 1.29 is 14.6 Å². The Morgan fingerprint density at radius 2 is 2.00 bits per heavy atom. The van der Waals surface area contributed by atoms with Crippen LogP contribution in [0.2, 0.25) is 0 Å². The summed E-state index contributed by atoms with van der Waals surface area (Å²) in [4.78, 5) is 16.9. The Morgan fingerprint density at radius 3 is 2.67 bits per heavy atom. The van der Waals surface area contributed by atoms with Gasteiger partial charge >= 0.3 is 6.09 Å². The molecule has 1 fully saturated rings. The van der Waals surface area contributed by atoms with E-state index in [0.717, 1.165) is 24.1 Å². The standard InChI is InChI=1S/C17H21N3O3S/c21-11-15-10-18-16(24)20(15)14-6-8-19(9-7-14)17(22)23-12-13-4-2-1-3-5-13/h1-5,10,14,21H,6-9,11-12H2,(H,18,24). The highest BCUT2D eigenvalue weighted by atomic mass is 32.1. The van der Waals surface area contributed by atoms with Crippen molar-refractivity contribution >= 4 is 18.3 Å². The van der Waals surface area contributed by atoms with Gasteiger partial charge in [-0.25, -0.2) is 4.79 Å². The van der Waals surface area contributed by atoms with Crippen LogP contribution in [-0.2, 0) is 18.0 Å². The van der Waals surface area contributed by atoms with Gasteiger partial charge in [0, 0.05) is 25.3 Å². The van der Waals surface area contributed by atoms with Crippen molar-refractivity contribution in [3.63, 3.8) is 0 Å². The number of nitrogens with one attached hydrogen (secondary N) is 1. The van der Waals surface area contributed by atoms with Crippen LogP contribution in [0.3, 0.4) is 0 Å². The molecule has 0 atom stereocenters. The molecule has 1 amide bonds. The first-order valence-electron chi connectivity index (χ1n) is 8.04. The van der Waals surface area contributed by atoms with E-state index in [4.69, 9.17) is 17.0 Å². The normalized spacial score (nSPS) is 15.5.